The largest absolute Gasteiger partial charge is 0.409 e. The van der Waals surface area contributed by atoms with Crippen molar-refractivity contribution in [3.63, 3.8) is 0 Å². The minimum absolute atomic E-state index is 0.257. The number of amidine groups is 1. The number of hydrogen-bond donors (Lipinski definition) is 2. The lowest BCUT2D eigenvalue weighted by molar-refractivity contribution is 0.0137. The van der Waals surface area contributed by atoms with Crippen LogP contribution in [0.2, 0.25) is 0 Å². The van der Waals surface area contributed by atoms with Gasteiger partial charge in [-0.1, -0.05) is 19.0 Å². The number of nitrogens with zero attached hydrogens (tertiary/aromatic N) is 2. The summed E-state index contributed by atoms with van der Waals surface area (Å²) in [6, 6.07) is 0.534. The van der Waals surface area contributed by atoms with Gasteiger partial charge in [0.15, 0.2) is 0 Å². The van der Waals surface area contributed by atoms with Crippen molar-refractivity contribution in [2.45, 2.75) is 52.2 Å². The molecular weight excluding hydrogens is 230 g/mol. The minimum Gasteiger partial charge on any atom is -0.409 e. The van der Waals surface area contributed by atoms with Crippen molar-refractivity contribution in [3.8, 4) is 0 Å². The second-order valence-electron chi connectivity index (χ2n) is 5.89. The molecule has 1 heterocycles. The Kier molecular flexibility index (Phi) is 5.41. The van der Waals surface area contributed by atoms with Crippen LogP contribution in [0.4, 0.5) is 0 Å². The van der Waals surface area contributed by atoms with Crippen LogP contribution in [0.3, 0.4) is 0 Å². The number of rotatable bonds is 5. The highest BCUT2D eigenvalue weighted by molar-refractivity contribution is 5.85. The molecule has 0 aromatic heterocycles. The van der Waals surface area contributed by atoms with Crippen LogP contribution in [0.1, 0.15) is 40.0 Å². The van der Waals surface area contributed by atoms with Gasteiger partial charge in [-0.15, -0.1) is 0 Å². The van der Waals surface area contributed by atoms with Gasteiger partial charge in [-0.2, -0.15) is 0 Å². The van der Waals surface area contributed by atoms with E-state index in [4.69, 9.17) is 15.7 Å². The van der Waals surface area contributed by atoms with E-state index in [1.807, 2.05) is 13.8 Å². The van der Waals surface area contributed by atoms with Crippen molar-refractivity contribution in [3.05, 3.63) is 0 Å². The van der Waals surface area contributed by atoms with Gasteiger partial charge < -0.3 is 20.6 Å². The zero-order valence-electron chi connectivity index (χ0n) is 12.0. The van der Waals surface area contributed by atoms with Crippen LogP contribution in [0, 0.1) is 5.41 Å². The highest BCUT2D eigenvalue weighted by atomic mass is 16.5. The van der Waals surface area contributed by atoms with Crippen molar-refractivity contribution in [1.29, 1.82) is 0 Å². The smallest absolute Gasteiger partial charge is 0.144 e. The quantitative estimate of drug-likeness (QED) is 0.340. The summed E-state index contributed by atoms with van der Waals surface area (Å²) in [5.41, 5.74) is 5.45. The van der Waals surface area contributed by atoms with Gasteiger partial charge in [0.2, 0.25) is 0 Å². The zero-order chi connectivity index (χ0) is 13.8. The van der Waals surface area contributed by atoms with Crippen LogP contribution in [-0.2, 0) is 4.74 Å². The minimum atomic E-state index is -0.257. The molecule has 1 rings (SSSR count). The van der Waals surface area contributed by atoms with Crippen LogP contribution in [-0.4, -0.2) is 48.3 Å². The van der Waals surface area contributed by atoms with Crippen LogP contribution < -0.4 is 5.73 Å². The van der Waals surface area contributed by atoms with E-state index in [1.54, 1.807) is 7.11 Å². The van der Waals surface area contributed by atoms with Gasteiger partial charge in [0, 0.05) is 25.1 Å². The summed E-state index contributed by atoms with van der Waals surface area (Å²) in [7, 11) is 1.79. The van der Waals surface area contributed by atoms with Crippen LogP contribution in [0.15, 0.2) is 5.16 Å². The highest BCUT2D eigenvalue weighted by Crippen LogP contribution is 2.24. The van der Waals surface area contributed by atoms with E-state index >= 15 is 0 Å². The summed E-state index contributed by atoms with van der Waals surface area (Å²) < 4.78 is 5.41. The summed E-state index contributed by atoms with van der Waals surface area (Å²) in [5, 5.41) is 11.9. The lowest BCUT2D eigenvalue weighted by atomic mass is 9.87. The fraction of sp³-hybridized carbons (Fsp3) is 0.923. The molecule has 1 saturated heterocycles. The molecule has 2 atom stereocenters. The van der Waals surface area contributed by atoms with Gasteiger partial charge in [0.1, 0.15) is 5.84 Å². The van der Waals surface area contributed by atoms with E-state index in [-0.39, 0.29) is 5.41 Å². The van der Waals surface area contributed by atoms with Crippen molar-refractivity contribution in [1.82, 2.24) is 4.90 Å². The Morgan fingerprint density at radius 3 is 2.72 bits per heavy atom. The fourth-order valence-corrected chi connectivity index (χ4v) is 2.41. The maximum Gasteiger partial charge on any atom is 0.144 e. The topological polar surface area (TPSA) is 71.1 Å². The summed E-state index contributed by atoms with van der Waals surface area (Å²) >= 11 is 0. The predicted octanol–water partition coefficient (Wildman–Crippen LogP) is 1.65. The first-order valence-electron chi connectivity index (χ1n) is 6.65. The number of oxime groups is 1. The first-order valence-corrected chi connectivity index (χ1v) is 6.65. The highest BCUT2D eigenvalue weighted by Gasteiger charge is 2.29. The van der Waals surface area contributed by atoms with E-state index in [0.717, 1.165) is 32.4 Å². The maximum atomic E-state index is 8.76. The third-order valence-electron chi connectivity index (χ3n) is 4.12. The molecule has 0 radical (unpaired) electrons. The monoisotopic (exact) mass is 257 g/mol. The molecule has 18 heavy (non-hydrogen) atoms. The van der Waals surface area contributed by atoms with E-state index in [0.29, 0.717) is 18.0 Å². The van der Waals surface area contributed by atoms with Gasteiger partial charge in [-0.25, -0.2) is 0 Å². The molecule has 0 aromatic rings. The molecule has 0 aliphatic carbocycles. The Bertz CT molecular complexity index is 292. The van der Waals surface area contributed by atoms with E-state index in [1.165, 1.54) is 0 Å². The van der Waals surface area contributed by atoms with E-state index < -0.39 is 0 Å². The Labute approximate surface area is 110 Å². The summed E-state index contributed by atoms with van der Waals surface area (Å²) in [6.45, 7) is 8.29. The van der Waals surface area contributed by atoms with Gasteiger partial charge in [-0.05, 0) is 32.7 Å². The molecule has 106 valence electrons. The predicted molar refractivity (Wildman–Crippen MR) is 72.9 cm³/mol. The number of piperidine rings is 1. The molecule has 0 amide bonds. The van der Waals surface area contributed by atoms with Gasteiger partial charge >= 0.3 is 0 Å². The van der Waals surface area contributed by atoms with Crippen LogP contribution >= 0.6 is 0 Å². The van der Waals surface area contributed by atoms with Crippen LogP contribution in [0.5, 0.6) is 0 Å². The first-order chi connectivity index (χ1) is 8.40. The number of hydrogen-bond acceptors (Lipinski definition) is 4. The molecule has 2 unspecified atom stereocenters. The fourth-order valence-electron chi connectivity index (χ4n) is 2.41. The second-order valence-corrected chi connectivity index (χ2v) is 5.89. The molecule has 1 fully saturated rings. The van der Waals surface area contributed by atoms with Crippen molar-refractivity contribution < 1.29 is 9.94 Å². The average Bonchev–Trinajstić information content (AvgIpc) is 2.36. The Balaban J connectivity index is 2.45. The first kappa shape index (κ1) is 15.2. The molecule has 5 heteroatoms. The third kappa shape index (κ3) is 3.85. The number of methoxy groups -OCH3 is 1. The lowest BCUT2D eigenvalue weighted by Gasteiger charge is -2.38. The maximum absolute atomic E-state index is 8.76. The van der Waals surface area contributed by atoms with Gasteiger partial charge in [-0.3, -0.25) is 0 Å². The van der Waals surface area contributed by atoms with Gasteiger partial charge in [0.25, 0.3) is 0 Å². The third-order valence-corrected chi connectivity index (χ3v) is 4.12. The SMILES string of the molecule is COC1CCN(CCC(C)(C)C(N)=NO)C(C)C1. The Morgan fingerprint density at radius 1 is 1.56 bits per heavy atom. The zero-order valence-corrected chi connectivity index (χ0v) is 12.0. The summed E-state index contributed by atoms with van der Waals surface area (Å²) in [5.74, 6) is 0.307. The van der Waals surface area contributed by atoms with E-state index in [2.05, 4.69) is 17.0 Å². The standard InChI is InChI=1S/C13H27N3O2/c1-10-9-11(18-4)5-7-16(10)8-6-13(2,3)12(14)15-17/h10-11,17H,5-9H2,1-4H3,(H2,14,15). The number of likely N-dealkylation sites (tertiary alicyclic amines) is 1. The molecule has 0 saturated carbocycles. The van der Waals surface area contributed by atoms with Crippen molar-refractivity contribution in [2.75, 3.05) is 20.2 Å². The summed E-state index contributed by atoms with van der Waals surface area (Å²) in [6.07, 6.45) is 3.46. The Hall–Kier alpha value is -0.810. The molecule has 0 aromatic carbocycles. The molecule has 0 spiro atoms. The molecule has 5 nitrogen and oxygen atoms in total. The number of nitrogens with two attached hydrogens (primary N) is 1. The van der Waals surface area contributed by atoms with E-state index in [9.17, 15) is 0 Å². The van der Waals surface area contributed by atoms with Crippen molar-refractivity contribution >= 4 is 5.84 Å². The molecule has 1 aliphatic rings. The van der Waals surface area contributed by atoms with Crippen LogP contribution in [0.25, 0.3) is 0 Å². The average molecular weight is 257 g/mol. The molecule has 0 bridgehead atoms. The molecule has 1 aliphatic heterocycles. The second kappa shape index (κ2) is 6.38. The summed E-state index contributed by atoms with van der Waals surface area (Å²) in [4.78, 5) is 2.46. The molecule has 3 N–H and O–H groups in total. The normalized spacial score (nSPS) is 27.4. The number of ether oxygens (including phenoxy) is 1. The van der Waals surface area contributed by atoms with Crippen molar-refractivity contribution in [2.24, 2.45) is 16.3 Å². The Morgan fingerprint density at radius 2 is 2.22 bits per heavy atom. The van der Waals surface area contributed by atoms with Gasteiger partial charge in [0.05, 0.1) is 6.10 Å². The lowest BCUT2D eigenvalue weighted by Crippen LogP contribution is -2.45. The molecular formula is C13H27N3O2.